The zero-order valence-electron chi connectivity index (χ0n) is 36.9. The Balaban J connectivity index is 1.08. The number of aliphatic hydroxyl groups is 9. The molecular formula is C45H72O17. The Morgan fingerprint density at radius 3 is 1.90 bits per heavy atom. The van der Waals surface area contributed by atoms with Gasteiger partial charge in [-0.05, 0) is 111 Å². The SMILES string of the molecule is CC1(O)CCC2(C(=O)O)CCC3(C)C(=CCC4C5(C)CCC(O[C@@H]6O[C@H](CO)[C@H](O)[C@H](O[C@@H]7OC[C@H](O)[C@@H](O)[C@H]7O)[C@H]6O[C@@H]6OC[C@@H](O)[C@@H](O)[C@H]6O)C(C)(C)C5CCC43C)C2C1. The molecule has 0 radical (unpaired) electrons. The normalized spacial score (nSPS) is 55.1. The van der Waals surface area contributed by atoms with E-state index in [1.54, 1.807) is 0 Å². The zero-order valence-corrected chi connectivity index (χ0v) is 36.9. The Hall–Kier alpha value is -1.39. The second-order valence-electron chi connectivity index (χ2n) is 21.9. The van der Waals surface area contributed by atoms with Crippen molar-refractivity contribution in [1.82, 2.24) is 0 Å². The number of carbonyl (C=O) groups is 1. The first-order valence-corrected chi connectivity index (χ1v) is 22.8. The van der Waals surface area contributed by atoms with Crippen LogP contribution in [0.15, 0.2) is 11.6 Å². The third-order valence-electron chi connectivity index (χ3n) is 18.3. The molecule has 0 amide bonds. The van der Waals surface area contributed by atoms with Crippen LogP contribution in [-0.4, -0.2) is 168 Å². The number of carboxylic acid groups (broad SMARTS) is 1. The van der Waals surface area contributed by atoms with Gasteiger partial charge in [0.05, 0.1) is 36.9 Å². The molecule has 4 saturated carbocycles. The lowest BCUT2D eigenvalue weighted by atomic mass is 9.33. The van der Waals surface area contributed by atoms with Gasteiger partial charge in [0.25, 0.3) is 0 Å². The fourth-order valence-corrected chi connectivity index (χ4v) is 14.4. The average molecular weight is 885 g/mol. The number of rotatable bonds is 8. The lowest BCUT2D eigenvalue weighted by Gasteiger charge is -2.71. The summed E-state index contributed by atoms with van der Waals surface area (Å²) in [6, 6.07) is 0. The van der Waals surface area contributed by atoms with Gasteiger partial charge >= 0.3 is 5.97 Å². The number of aliphatic carboxylic acids is 1. The molecule has 8 rings (SSSR count). The minimum Gasteiger partial charge on any atom is -0.481 e. The van der Waals surface area contributed by atoms with Crippen LogP contribution in [0, 0.1) is 44.8 Å². The second kappa shape index (κ2) is 16.4. The highest BCUT2D eigenvalue weighted by Gasteiger charge is 2.70. The van der Waals surface area contributed by atoms with E-state index in [0.29, 0.717) is 32.1 Å². The van der Waals surface area contributed by atoms with E-state index in [0.717, 1.165) is 32.1 Å². The molecule has 62 heavy (non-hydrogen) atoms. The number of hydrogen-bond acceptors (Lipinski definition) is 16. The summed E-state index contributed by atoms with van der Waals surface area (Å²) in [5, 5.41) is 107. The maximum atomic E-state index is 13.1. The third-order valence-corrected chi connectivity index (χ3v) is 18.3. The van der Waals surface area contributed by atoms with E-state index in [2.05, 4.69) is 40.7 Å². The van der Waals surface area contributed by atoms with Crippen molar-refractivity contribution >= 4 is 5.97 Å². The number of ether oxygens (including phenoxy) is 6. The smallest absolute Gasteiger partial charge is 0.310 e. The van der Waals surface area contributed by atoms with Crippen molar-refractivity contribution < 1.29 is 84.3 Å². The van der Waals surface area contributed by atoms with Gasteiger partial charge in [-0.2, -0.15) is 0 Å². The highest BCUT2D eigenvalue weighted by atomic mass is 16.8. The van der Waals surface area contributed by atoms with Gasteiger partial charge in [-0.3, -0.25) is 4.79 Å². The summed E-state index contributed by atoms with van der Waals surface area (Å²) in [4.78, 5) is 13.1. The van der Waals surface area contributed by atoms with Gasteiger partial charge in [0, 0.05) is 0 Å². The average Bonchev–Trinajstić information content (AvgIpc) is 3.20. The molecule has 7 fully saturated rings. The second-order valence-corrected chi connectivity index (χ2v) is 21.9. The molecule has 9 unspecified atom stereocenters. The van der Waals surface area contributed by atoms with Crippen LogP contribution in [0.25, 0.3) is 0 Å². The minimum atomic E-state index is -1.75. The lowest BCUT2D eigenvalue weighted by Crippen LogP contribution is -2.67. The molecule has 3 saturated heterocycles. The molecule has 10 N–H and O–H groups in total. The minimum absolute atomic E-state index is 0.144. The third kappa shape index (κ3) is 7.27. The van der Waals surface area contributed by atoms with Gasteiger partial charge in [-0.25, -0.2) is 0 Å². The quantitative estimate of drug-likeness (QED) is 0.119. The first-order valence-electron chi connectivity index (χ1n) is 22.8. The molecule has 22 atom stereocenters. The van der Waals surface area contributed by atoms with Gasteiger partial charge in [0.1, 0.15) is 61.0 Å². The standard InChI is InChI=1S/C45H72O17/c1-40(2)26-9-12-44(6)27(8-7-21-22-17-41(3,56)13-15-45(22,39(54)55)16-14-43(21,44)5)42(26,4)11-10-28(40)60-38-35(62-37-33(53)30(50)24(48)20-58-37)34(31(51)25(18-46)59-38)61-36-32(52)29(49)23(47)19-57-36/h7,22-38,46-53,56H,8-20H2,1-6H3,(H,54,55)/t22?,23-,24+,25+,26?,27?,28?,29+,30+,31-,32+,33+,34-,35+,36-,37-,38-,41?,42?,43?,44?,45?/m0/s1. The van der Waals surface area contributed by atoms with Crippen LogP contribution < -0.4 is 0 Å². The summed E-state index contributed by atoms with van der Waals surface area (Å²) in [6.07, 6.45) is -11.5. The summed E-state index contributed by atoms with van der Waals surface area (Å²) in [6.45, 7) is 11.9. The fraction of sp³-hybridized carbons (Fsp3) is 0.933. The molecule has 354 valence electrons. The Morgan fingerprint density at radius 2 is 1.31 bits per heavy atom. The van der Waals surface area contributed by atoms with E-state index in [9.17, 15) is 55.9 Å². The van der Waals surface area contributed by atoms with Crippen LogP contribution in [0.1, 0.15) is 106 Å². The first-order chi connectivity index (χ1) is 29.0. The van der Waals surface area contributed by atoms with Gasteiger partial charge in [0.2, 0.25) is 0 Å². The topological polar surface area (TPSA) is 275 Å². The van der Waals surface area contributed by atoms with Crippen LogP contribution in [0.5, 0.6) is 0 Å². The van der Waals surface area contributed by atoms with Crippen molar-refractivity contribution in [2.75, 3.05) is 19.8 Å². The Bertz CT molecular complexity index is 1690. The lowest BCUT2D eigenvalue weighted by molar-refractivity contribution is -0.390. The van der Waals surface area contributed by atoms with Crippen molar-refractivity contribution in [3.8, 4) is 0 Å². The Labute approximate surface area is 363 Å². The number of aliphatic hydroxyl groups excluding tert-OH is 8. The molecule has 17 heteroatoms. The molecule has 5 aliphatic carbocycles. The Kier molecular flexibility index (Phi) is 12.5. The molecule has 17 nitrogen and oxygen atoms in total. The van der Waals surface area contributed by atoms with Gasteiger partial charge < -0.3 is 79.5 Å². The maximum absolute atomic E-state index is 13.1. The summed E-state index contributed by atoms with van der Waals surface area (Å²) < 4.78 is 36.7. The van der Waals surface area contributed by atoms with E-state index in [4.69, 9.17) is 28.4 Å². The summed E-state index contributed by atoms with van der Waals surface area (Å²) >= 11 is 0. The summed E-state index contributed by atoms with van der Waals surface area (Å²) in [5.41, 5.74) is -1.64. The molecule has 0 spiro atoms. The van der Waals surface area contributed by atoms with E-state index >= 15 is 0 Å². The molecule has 0 aromatic rings. The van der Waals surface area contributed by atoms with Crippen LogP contribution in [0.4, 0.5) is 0 Å². The predicted molar refractivity (Wildman–Crippen MR) is 215 cm³/mol. The highest BCUT2D eigenvalue weighted by Crippen LogP contribution is 2.75. The molecule has 3 heterocycles. The van der Waals surface area contributed by atoms with Gasteiger partial charge in [0.15, 0.2) is 18.9 Å². The monoisotopic (exact) mass is 884 g/mol. The Morgan fingerprint density at radius 1 is 0.710 bits per heavy atom. The summed E-state index contributed by atoms with van der Waals surface area (Å²) in [5.74, 6) is -0.575. The van der Waals surface area contributed by atoms with Crippen LogP contribution >= 0.6 is 0 Å². The van der Waals surface area contributed by atoms with Crippen molar-refractivity contribution in [2.24, 2.45) is 44.8 Å². The largest absolute Gasteiger partial charge is 0.481 e. The van der Waals surface area contributed by atoms with Crippen molar-refractivity contribution in [2.45, 2.75) is 197 Å². The molecule has 0 aromatic heterocycles. The van der Waals surface area contributed by atoms with Crippen molar-refractivity contribution in [3.63, 3.8) is 0 Å². The highest BCUT2D eigenvalue weighted by molar-refractivity contribution is 5.76. The van der Waals surface area contributed by atoms with Crippen LogP contribution in [0.2, 0.25) is 0 Å². The van der Waals surface area contributed by atoms with Crippen molar-refractivity contribution in [3.05, 3.63) is 11.6 Å². The fourth-order valence-electron chi connectivity index (χ4n) is 14.4. The van der Waals surface area contributed by atoms with Crippen molar-refractivity contribution in [1.29, 1.82) is 0 Å². The maximum Gasteiger partial charge on any atom is 0.310 e. The van der Waals surface area contributed by atoms with Gasteiger partial charge in [-0.15, -0.1) is 0 Å². The summed E-state index contributed by atoms with van der Waals surface area (Å²) in [7, 11) is 0. The first kappa shape index (κ1) is 47.1. The number of hydrogen-bond donors (Lipinski definition) is 10. The van der Waals surface area contributed by atoms with E-state index in [-0.39, 0.29) is 34.0 Å². The molecule has 0 bridgehead atoms. The number of carboxylic acids is 1. The van der Waals surface area contributed by atoms with Gasteiger partial charge in [-0.1, -0.05) is 46.3 Å². The van der Waals surface area contributed by atoms with E-state index in [1.165, 1.54) is 5.57 Å². The number of fused-ring (bicyclic) bond motifs is 7. The van der Waals surface area contributed by atoms with E-state index in [1.807, 2.05) is 6.92 Å². The molecular weight excluding hydrogens is 812 g/mol. The zero-order chi connectivity index (χ0) is 45.1. The number of allylic oxidation sites excluding steroid dienone is 2. The molecule has 8 aliphatic rings. The predicted octanol–water partition coefficient (Wildman–Crippen LogP) is 0.709. The van der Waals surface area contributed by atoms with Crippen LogP contribution in [0.3, 0.4) is 0 Å². The molecule has 0 aromatic carbocycles. The van der Waals surface area contributed by atoms with E-state index < -0.39 is 128 Å². The molecule has 3 aliphatic heterocycles. The van der Waals surface area contributed by atoms with Crippen LogP contribution in [-0.2, 0) is 33.2 Å².